The summed E-state index contributed by atoms with van der Waals surface area (Å²) in [4.78, 5) is 23.7. The summed E-state index contributed by atoms with van der Waals surface area (Å²) in [5, 5.41) is 12.9. The maximum atomic E-state index is 12.4. The highest BCUT2D eigenvalue weighted by molar-refractivity contribution is 6.33. The molecule has 1 aliphatic heterocycles. The smallest absolute Gasteiger partial charge is 0.273 e. The number of halogens is 1. The van der Waals surface area contributed by atoms with Crippen molar-refractivity contribution in [2.45, 2.75) is 0 Å². The number of rotatable bonds is 3. The third-order valence-electron chi connectivity index (χ3n) is 3.84. The molecule has 0 fully saturated rings. The molecule has 0 aliphatic carbocycles. The molecule has 0 radical (unpaired) electrons. The van der Waals surface area contributed by atoms with Crippen molar-refractivity contribution in [1.82, 2.24) is 10.2 Å². The lowest BCUT2D eigenvalue weighted by molar-refractivity contribution is -0.118. The first kappa shape index (κ1) is 16.2. The average molecular weight is 369 g/mol. The first-order valence-electron chi connectivity index (χ1n) is 7.78. The van der Waals surface area contributed by atoms with Gasteiger partial charge in [0, 0.05) is 17.3 Å². The highest BCUT2D eigenvalue weighted by Crippen LogP contribution is 2.31. The molecule has 0 saturated carbocycles. The Kier molecular flexibility index (Phi) is 4.06. The maximum Gasteiger partial charge on any atom is 0.273 e. The van der Waals surface area contributed by atoms with Gasteiger partial charge < -0.3 is 15.4 Å². The number of aromatic nitrogens is 2. The summed E-state index contributed by atoms with van der Waals surface area (Å²) in [6.07, 6.45) is 0. The number of anilines is 2. The number of benzene rings is 2. The molecule has 1 aliphatic rings. The monoisotopic (exact) mass is 368 g/mol. The van der Waals surface area contributed by atoms with Gasteiger partial charge in [-0.15, -0.1) is 0 Å². The minimum absolute atomic E-state index is 0.0495. The van der Waals surface area contributed by atoms with Crippen molar-refractivity contribution in [2.75, 3.05) is 17.2 Å². The van der Waals surface area contributed by atoms with E-state index in [1.165, 1.54) is 0 Å². The summed E-state index contributed by atoms with van der Waals surface area (Å²) in [5.41, 5.74) is 2.73. The number of hydrogen-bond donors (Lipinski definition) is 3. The number of hydrogen-bond acceptors (Lipinski definition) is 4. The summed E-state index contributed by atoms with van der Waals surface area (Å²) in [6, 6.07) is 13.9. The molecule has 4 rings (SSSR count). The second-order valence-corrected chi connectivity index (χ2v) is 6.06. The van der Waals surface area contributed by atoms with Crippen molar-refractivity contribution in [3.05, 3.63) is 59.2 Å². The maximum absolute atomic E-state index is 12.4. The topological polar surface area (TPSA) is 96.1 Å². The Morgan fingerprint density at radius 3 is 2.88 bits per heavy atom. The molecule has 0 spiro atoms. The second kappa shape index (κ2) is 6.53. The largest absolute Gasteiger partial charge is 0.482 e. The predicted octanol–water partition coefficient (Wildman–Crippen LogP) is 3.31. The van der Waals surface area contributed by atoms with Crippen LogP contribution in [-0.2, 0) is 4.79 Å². The van der Waals surface area contributed by atoms with E-state index in [2.05, 4.69) is 20.8 Å². The molecule has 130 valence electrons. The molecule has 8 heteroatoms. The van der Waals surface area contributed by atoms with Gasteiger partial charge in [-0.2, -0.15) is 5.10 Å². The molecular formula is C18H13ClN4O3. The molecule has 0 bridgehead atoms. The minimum Gasteiger partial charge on any atom is -0.482 e. The van der Waals surface area contributed by atoms with Crippen LogP contribution in [0.1, 0.15) is 10.5 Å². The van der Waals surface area contributed by atoms with Crippen LogP contribution in [0, 0.1) is 0 Å². The zero-order chi connectivity index (χ0) is 18.1. The molecule has 2 aromatic carbocycles. The normalized spacial score (nSPS) is 12.7. The molecular weight excluding hydrogens is 356 g/mol. The Labute approximate surface area is 153 Å². The molecule has 2 heterocycles. The van der Waals surface area contributed by atoms with Crippen LogP contribution in [0.2, 0.25) is 5.02 Å². The van der Waals surface area contributed by atoms with Crippen LogP contribution in [-0.4, -0.2) is 28.6 Å². The van der Waals surface area contributed by atoms with Crippen molar-refractivity contribution in [2.24, 2.45) is 0 Å². The fourth-order valence-electron chi connectivity index (χ4n) is 2.60. The van der Waals surface area contributed by atoms with Gasteiger partial charge in [0.1, 0.15) is 11.4 Å². The standard InChI is InChI=1S/C18H13ClN4O3/c19-12-4-2-1-3-11(12)14-8-15(23-22-14)18(25)20-10-5-6-13-16(7-10)26-9-17(24)21-13/h1-8H,9H2,(H,20,25)(H,21,24)(H,22,23). The van der Waals surface area contributed by atoms with Gasteiger partial charge in [-0.3, -0.25) is 14.7 Å². The van der Waals surface area contributed by atoms with Gasteiger partial charge in [-0.1, -0.05) is 29.8 Å². The highest BCUT2D eigenvalue weighted by atomic mass is 35.5. The van der Waals surface area contributed by atoms with Gasteiger partial charge >= 0.3 is 0 Å². The fourth-order valence-corrected chi connectivity index (χ4v) is 2.83. The van der Waals surface area contributed by atoms with Crippen molar-refractivity contribution < 1.29 is 14.3 Å². The number of carbonyl (C=O) groups is 2. The Morgan fingerprint density at radius 2 is 2.04 bits per heavy atom. The highest BCUT2D eigenvalue weighted by Gasteiger charge is 2.17. The molecule has 3 aromatic rings. The van der Waals surface area contributed by atoms with E-state index in [0.29, 0.717) is 33.5 Å². The summed E-state index contributed by atoms with van der Waals surface area (Å²) < 4.78 is 5.34. The van der Waals surface area contributed by atoms with Gasteiger partial charge in [-0.25, -0.2) is 0 Å². The van der Waals surface area contributed by atoms with Gasteiger partial charge in [-0.05, 0) is 24.3 Å². The quantitative estimate of drug-likeness (QED) is 0.660. The number of aromatic amines is 1. The van der Waals surface area contributed by atoms with E-state index in [4.69, 9.17) is 16.3 Å². The van der Waals surface area contributed by atoms with Gasteiger partial charge in [0.15, 0.2) is 6.61 Å². The SMILES string of the molecule is O=C1COc2cc(NC(=O)c3cc(-c4ccccc4Cl)n[nH]3)ccc2N1. The number of carbonyl (C=O) groups excluding carboxylic acids is 2. The average Bonchev–Trinajstić information content (AvgIpc) is 3.12. The van der Waals surface area contributed by atoms with E-state index in [0.717, 1.165) is 5.56 Å². The van der Waals surface area contributed by atoms with Gasteiger partial charge in [0.05, 0.1) is 16.4 Å². The van der Waals surface area contributed by atoms with E-state index >= 15 is 0 Å². The lowest BCUT2D eigenvalue weighted by Gasteiger charge is -2.18. The summed E-state index contributed by atoms with van der Waals surface area (Å²) in [6.45, 7) is -0.0495. The van der Waals surface area contributed by atoms with Crippen molar-refractivity contribution >= 4 is 34.8 Å². The van der Waals surface area contributed by atoms with E-state index in [9.17, 15) is 9.59 Å². The van der Waals surface area contributed by atoms with Crippen LogP contribution in [0.5, 0.6) is 5.75 Å². The summed E-state index contributed by atoms with van der Waals surface area (Å²) in [5.74, 6) is -0.0572. The van der Waals surface area contributed by atoms with Gasteiger partial charge in [0.2, 0.25) is 0 Å². The van der Waals surface area contributed by atoms with Crippen molar-refractivity contribution in [3.63, 3.8) is 0 Å². The first-order chi connectivity index (χ1) is 12.6. The number of H-pyrrole nitrogens is 1. The number of fused-ring (bicyclic) bond motifs is 1. The zero-order valence-electron chi connectivity index (χ0n) is 13.4. The zero-order valence-corrected chi connectivity index (χ0v) is 14.1. The number of nitrogens with zero attached hydrogens (tertiary/aromatic N) is 1. The number of amides is 2. The predicted molar refractivity (Wildman–Crippen MR) is 97.6 cm³/mol. The van der Waals surface area contributed by atoms with Crippen LogP contribution < -0.4 is 15.4 Å². The first-order valence-corrected chi connectivity index (χ1v) is 8.16. The molecule has 26 heavy (non-hydrogen) atoms. The molecule has 3 N–H and O–H groups in total. The van der Waals surface area contributed by atoms with E-state index in [-0.39, 0.29) is 18.4 Å². The molecule has 7 nitrogen and oxygen atoms in total. The van der Waals surface area contributed by atoms with E-state index < -0.39 is 0 Å². The third kappa shape index (κ3) is 3.12. The minimum atomic E-state index is -0.351. The van der Waals surface area contributed by atoms with Gasteiger partial charge in [0.25, 0.3) is 11.8 Å². The lowest BCUT2D eigenvalue weighted by Crippen LogP contribution is -2.25. The Balaban J connectivity index is 1.53. The number of nitrogens with one attached hydrogen (secondary N) is 3. The Morgan fingerprint density at radius 1 is 1.19 bits per heavy atom. The van der Waals surface area contributed by atoms with Crippen LogP contribution in [0.25, 0.3) is 11.3 Å². The van der Waals surface area contributed by atoms with Crippen molar-refractivity contribution in [3.8, 4) is 17.0 Å². The Hall–Kier alpha value is -3.32. The second-order valence-electron chi connectivity index (χ2n) is 5.65. The Bertz CT molecular complexity index is 1020. The molecule has 0 atom stereocenters. The fraction of sp³-hybridized carbons (Fsp3) is 0.0556. The molecule has 2 amide bonds. The van der Waals surface area contributed by atoms with E-state index in [1.54, 1.807) is 30.3 Å². The van der Waals surface area contributed by atoms with Crippen LogP contribution in [0.3, 0.4) is 0 Å². The van der Waals surface area contributed by atoms with Crippen LogP contribution in [0.15, 0.2) is 48.5 Å². The lowest BCUT2D eigenvalue weighted by atomic mass is 10.1. The molecule has 1 aromatic heterocycles. The van der Waals surface area contributed by atoms with E-state index in [1.807, 2.05) is 18.2 Å². The van der Waals surface area contributed by atoms with Crippen molar-refractivity contribution in [1.29, 1.82) is 0 Å². The summed E-state index contributed by atoms with van der Waals surface area (Å²) in [7, 11) is 0. The molecule has 0 saturated heterocycles. The third-order valence-corrected chi connectivity index (χ3v) is 4.17. The molecule has 0 unspecified atom stereocenters. The van der Waals surface area contributed by atoms with Crippen LogP contribution >= 0.6 is 11.6 Å². The van der Waals surface area contributed by atoms with Crippen LogP contribution in [0.4, 0.5) is 11.4 Å². The number of ether oxygens (including phenoxy) is 1. The summed E-state index contributed by atoms with van der Waals surface area (Å²) >= 11 is 6.16.